The van der Waals surface area contributed by atoms with Crippen LogP contribution in [0.1, 0.15) is 16.1 Å². The van der Waals surface area contributed by atoms with Gasteiger partial charge in [0.25, 0.3) is 0 Å². The smallest absolute Gasteiger partial charge is 0.195 e. The summed E-state index contributed by atoms with van der Waals surface area (Å²) in [5.74, 6) is 1.57. The van der Waals surface area contributed by atoms with Crippen LogP contribution in [0, 0.1) is 6.92 Å². The zero-order chi connectivity index (χ0) is 19.0. The summed E-state index contributed by atoms with van der Waals surface area (Å²) in [7, 11) is 3.28. The van der Waals surface area contributed by atoms with Crippen LogP contribution in [0.15, 0.2) is 47.8 Å². The molecule has 0 bridgehead atoms. The molecule has 2 aromatic carbocycles. The largest absolute Gasteiger partial charge is 0.497 e. The number of thiazole rings is 1. The van der Waals surface area contributed by atoms with E-state index in [0.717, 1.165) is 45.1 Å². The van der Waals surface area contributed by atoms with Crippen molar-refractivity contribution in [2.75, 3.05) is 14.2 Å². The lowest BCUT2D eigenvalue weighted by atomic mass is 10.1. The Balaban J connectivity index is 1.91. The van der Waals surface area contributed by atoms with Gasteiger partial charge in [0.1, 0.15) is 22.9 Å². The minimum atomic E-state index is 0.531. The summed E-state index contributed by atoms with van der Waals surface area (Å²) >= 11 is 1.51. The highest BCUT2D eigenvalue weighted by atomic mass is 32.1. The lowest BCUT2D eigenvalue weighted by Crippen LogP contribution is -1.95. The lowest BCUT2D eigenvalue weighted by molar-refractivity contribution is 0.111. The lowest BCUT2D eigenvalue weighted by Gasteiger charge is -2.08. The van der Waals surface area contributed by atoms with Crippen LogP contribution in [0.5, 0.6) is 11.5 Å². The molecule has 0 radical (unpaired) electrons. The van der Waals surface area contributed by atoms with Gasteiger partial charge >= 0.3 is 0 Å². The van der Waals surface area contributed by atoms with Crippen molar-refractivity contribution >= 4 is 22.6 Å². The molecule has 0 aliphatic rings. The van der Waals surface area contributed by atoms with Crippen LogP contribution < -0.4 is 9.47 Å². The second-order valence-corrected chi connectivity index (χ2v) is 6.96. The van der Waals surface area contributed by atoms with E-state index in [1.165, 1.54) is 11.3 Å². The van der Waals surface area contributed by atoms with Gasteiger partial charge in [-0.15, -0.1) is 11.3 Å². The Hall–Kier alpha value is -3.12. The first-order valence-electron chi connectivity index (χ1n) is 8.41. The molecule has 0 atom stereocenters. The maximum absolute atomic E-state index is 12.0. The number of carbonyl (C=O) groups excluding carboxylic acids is 1. The summed E-state index contributed by atoms with van der Waals surface area (Å²) in [6.07, 6.45) is 0.863. The molecule has 2 aromatic heterocycles. The van der Waals surface area contributed by atoms with Crippen molar-refractivity contribution in [1.82, 2.24) is 9.38 Å². The Morgan fingerprint density at radius 1 is 1.07 bits per heavy atom. The van der Waals surface area contributed by atoms with E-state index in [1.54, 1.807) is 14.2 Å². The molecule has 4 rings (SSSR count). The third-order valence-electron chi connectivity index (χ3n) is 4.54. The molecule has 5 nitrogen and oxygen atoms in total. The molecule has 0 fully saturated rings. The topological polar surface area (TPSA) is 52.8 Å². The molecule has 4 aromatic rings. The number of ether oxygens (including phenoxy) is 2. The van der Waals surface area contributed by atoms with Gasteiger partial charge < -0.3 is 9.47 Å². The number of aldehydes is 1. The van der Waals surface area contributed by atoms with Crippen LogP contribution in [0.25, 0.3) is 27.5 Å². The summed E-state index contributed by atoms with van der Waals surface area (Å²) in [4.78, 5) is 17.4. The zero-order valence-electron chi connectivity index (χ0n) is 15.2. The molecule has 136 valence electrons. The van der Waals surface area contributed by atoms with E-state index >= 15 is 0 Å². The van der Waals surface area contributed by atoms with Gasteiger partial charge in [-0.1, -0.05) is 12.1 Å². The normalized spacial score (nSPS) is 10.9. The van der Waals surface area contributed by atoms with Crippen molar-refractivity contribution in [1.29, 1.82) is 0 Å². The number of rotatable bonds is 5. The predicted molar refractivity (Wildman–Crippen MR) is 107 cm³/mol. The highest BCUT2D eigenvalue weighted by Crippen LogP contribution is 2.34. The molecule has 0 aliphatic carbocycles. The fourth-order valence-corrected chi connectivity index (χ4v) is 4.12. The quantitative estimate of drug-likeness (QED) is 0.465. The summed E-state index contributed by atoms with van der Waals surface area (Å²) in [5.41, 5.74) is 5.02. The van der Waals surface area contributed by atoms with E-state index < -0.39 is 0 Å². The van der Waals surface area contributed by atoms with E-state index in [4.69, 9.17) is 14.5 Å². The van der Waals surface area contributed by atoms with Crippen LogP contribution in [0.3, 0.4) is 0 Å². The van der Waals surface area contributed by atoms with Crippen molar-refractivity contribution in [2.45, 2.75) is 6.92 Å². The van der Waals surface area contributed by atoms with Crippen LogP contribution in [-0.4, -0.2) is 29.9 Å². The molecule has 6 heteroatoms. The molecular weight excluding hydrogens is 360 g/mol. The van der Waals surface area contributed by atoms with Gasteiger partial charge in [0.2, 0.25) is 0 Å². The molecule has 0 amide bonds. The highest BCUT2D eigenvalue weighted by Gasteiger charge is 2.19. The fourth-order valence-electron chi connectivity index (χ4n) is 3.21. The molecule has 0 N–H and O–H groups in total. The van der Waals surface area contributed by atoms with E-state index in [2.05, 4.69) is 6.07 Å². The monoisotopic (exact) mass is 378 g/mol. The average molecular weight is 378 g/mol. The van der Waals surface area contributed by atoms with E-state index in [9.17, 15) is 4.79 Å². The van der Waals surface area contributed by atoms with Crippen LogP contribution in [0.4, 0.5) is 0 Å². The number of nitrogens with zero attached hydrogens (tertiary/aromatic N) is 2. The van der Waals surface area contributed by atoms with Crippen LogP contribution >= 0.6 is 11.3 Å². The summed E-state index contributed by atoms with van der Waals surface area (Å²) in [6.45, 7) is 2.00. The number of aryl methyl sites for hydroxylation is 1. The Bertz CT molecular complexity index is 1140. The summed E-state index contributed by atoms with van der Waals surface area (Å²) in [5, 5.41) is 2.02. The maximum Gasteiger partial charge on any atom is 0.195 e. The summed E-state index contributed by atoms with van der Waals surface area (Å²) in [6, 6.07) is 13.6. The van der Waals surface area contributed by atoms with E-state index in [-0.39, 0.29) is 0 Å². The summed E-state index contributed by atoms with van der Waals surface area (Å²) < 4.78 is 12.6. The van der Waals surface area contributed by atoms with E-state index in [1.807, 2.05) is 53.1 Å². The molecule has 0 unspecified atom stereocenters. The second kappa shape index (κ2) is 6.89. The van der Waals surface area contributed by atoms with Gasteiger partial charge in [-0.05, 0) is 48.4 Å². The Kier molecular flexibility index (Phi) is 4.41. The number of imidazole rings is 1. The van der Waals surface area contributed by atoms with Gasteiger partial charge in [-0.3, -0.25) is 9.20 Å². The molecule has 0 saturated heterocycles. The zero-order valence-corrected chi connectivity index (χ0v) is 16.0. The van der Waals surface area contributed by atoms with Gasteiger partial charge in [0.15, 0.2) is 11.2 Å². The van der Waals surface area contributed by atoms with Gasteiger partial charge in [0.05, 0.1) is 19.9 Å². The first-order chi connectivity index (χ1) is 13.2. The SMILES string of the molecule is COc1cccc(-c2nc3scc(-c4ccc(OC)c(C)c4)n3c2C=O)c1. The average Bonchev–Trinajstić information content (AvgIpc) is 3.27. The fraction of sp³-hybridized carbons (Fsp3) is 0.143. The van der Waals surface area contributed by atoms with Crippen molar-refractivity contribution in [3.8, 4) is 34.0 Å². The standard InChI is InChI=1S/C21H18N2O3S/c1-13-9-14(7-8-19(13)26-3)18-12-27-21-22-20(17(11-24)23(18)21)15-5-4-6-16(10-15)25-2/h4-12H,1-3H3. The second-order valence-electron chi connectivity index (χ2n) is 6.12. The number of benzene rings is 2. The first-order valence-corrected chi connectivity index (χ1v) is 9.28. The van der Waals surface area contributed by atoms with Crippen molar-refractivity contribution in [3.05, 3.63) is 59.1 Å². The van der Waals surface area contributed by atoms with Crippen LogP contribution in [-0.2, 0) is 0 Å². The third-order valence-corrected chi connectivity index (χ3v) is 5.37. The van der Waals surface area contributed by atoms with Crippen LogP contribution in [0.2, 0.25) is 0 Å². The van der Waals surface area contributed by atoms with Crippen molar-refractivity contribution < 1.29 is 14.3 Å². The van der Waals surface area contributed by atoms with Crippen molar-refractivity contribution in [2.24, 2.45) is 0 Å². The van der Waals surface area contributed by atoms with Gasteiger partial charge in [-0.25, -0.2) is 4.98 Å². The maximum atomic E-state index is 12.0. The third kappa shape index (κ3) is 2.88. The highest BCUT2D eigenvalue weighted by molar-refractivity contribution is 7.15. The predicted octanol–water partition coefficient (Wildman–Crippen LogP) is 4.87. The molecule has 2 heterocycles. The number of aromatic nitrogens is 2. The Morgan fingerprint density at radius 3 is 2.63 bits per heavy atom. The molecular formula is C21H18N2O3S. The number of fused-ring (bicyclic) bond motifs is 1. The molecule has 0 aliphatic heterocycles. The molecule has 27 heavy (non-hydrogen) atoms. The number of carbonyl (C=O) groups is 1. The Morgan fingerprint density at radius 2 is 1.93 bits per heavy atom. The first kappa shape index (κ1) is 17.3. The van der Waals surface area contributed by atoms with Crippen molar-refractivity contribution in [3.63, 3.8) is 0 Å². The number of hydrogen-bond acceptors (Lipinski definition) is 5. The minimum absolute atomic E-state index is 0.531. The molecule has 0 saturated carbocycles. The number of hydrogen-bond donors (Lipinski definition) is 0. The molecule has 0 spiro atoms. The van der Waals surface area contributed by atoms with E-state index in [0.29, 0.717) is 11.4 Å². The van der Waals surface area contributed by atoms with Gasteiger partial charge in [0, 0.05) is 10.9 Å². The van der Waals surface area contributed by atoms with Gasteiger partial charge in [-0.2, -0.15) is 0 Å². The minimum Gasteiger partial charge on any atom is -0.497 e. The number of methoxy groups -OCH3 is 2. The Labute approximate surface area is 160 Å².